The topological polar surface area (TPSA) is 29.5 Å². The molecule has 92 valence electrons. The number of carbonyl (C=O) groups excluding carboxylic acids is 1. The number of hydrogen-bond donors (Lipinski definition) is 0. The Morgan fingerprint density at radius 1 is 1.53 bits per heavy atom. The van der Waals surface area contributed by atoms with Crippen LogP contribution in [0.5, 0.6) is 5.75 Å². The first-order valence-electron chi connectivity index (χ1n) is 5.85. The van der Waals surface area contributed by atoms with E-state index in [2.05, 4.69) is 15.9 Å². The molecule has 0 aliphatic carbocycles. The predicted octanol–water partition coefficient (Wildman–Crippen LogP) is 2.23. The number of ether oxygens (including phenoxy) is 1. The highest BCUT2D eigenvalue weighted by atomic mass is 79.9. The van der Waals surface area contributed by atoms with Gasteiger partial charge >= 0.3 is 0 Å². The normalized spacial score (nSPS) is 17.4. The maximum absolute atomic E-state index is 12.2. The molecule has 0 saturated heterocycles. The standard InChI is InChI=1S/C13H16BrNO2/c1-2-15(8-7-14)13(16)12-9-10-5-3-4-6-11(10)17-12/h3-6,12H,2,7-9H2,1H3. The van der Waals surface area contributed by atoms with E-state index in [4.69, 9.17) is 4.74 Å². The molecule has 0 N–H and O–H groups in total. The molecule has 0 aromatic heterocycles. The summed E-state index contributed by atoms with van der Waals surface area (Å²) in [7, 11) is 0. The van der Waals surface area contributed by atoms with Gasteiger partial charge in [0.05, 0.1) is 0 Å². The molecule has 0 spiro atoms. The fraction of sp³-hybridized carbons (Fsp3) is 0.462. The Labute approximate surface area is 110 Å². The number of nitrogens with zero attached hydrogens (tertiary/aromatic N) is 1. The maximum Gasteiger partial charge on any atom is 0.264 e. The number of alkyl halides is 1. The summed E-state index contributed by atoms with van der Waals surface area (Å²) in [6.45, 7) is 3.44. The molecule has 1 aliphatic heterocycles. The van der Waals surface area contributed by atoms with E-state index in [1.807, 2.05) is 36.1 Å². The van der Waals surface area contributed by atoms with Gasteiger partial charge in [0.15, 0.2) is 6.10 Å². The van der Waals surface area contributed by atoms with Crippen molar-refractivity contribution in [1.29, 1.82) is 0 Å². The smallest absolute Gasteiger partial charge is 0.264 e. The van der Waals surface area contributed by atoms with Gasteiger partial charge in [0.1, 0.15) is 5.75 Å². The Morgan fingerprint density at radius 2 is 2.29 bits per heavy atom. The molecule has 4 heteroatoms. The molecule has 0 fully saturated rings. The third-order valence-electron chi connectivity index (χ3n) is 2.97. The van der Waals surface area contributed by atoms with E-state index in [9.17, 15) is 4.79 Å². The van der Waals surface area contributed by atoms with E-state index < -0.39 is 0 Å². The van der Waals surface area contributed by atoms with Gasteiger partial charge in [0, 0.05) is 24.8 Å². The van der Waals surface area contributed by atoms with Crippen molar-refractivity contribution in [3.63, 3.8) is 0 Å². The quantitative estimate of drug-likeness (QED) is 0.798. The van der Waals surface area contributed by atoms with Crippen LogP contribution in [-0.4, -0.2) is 35.3 Å². The van der Waals surface area contributed by atoms with Gasteiger partial charge in [-0.2, -0.15) is 0 Å². The lowest BCUT2D eigenvalue weighted by molar-refractivity contribution is -0.137. The molecule has 0 saturated carbocycles. The third kappa shape index (κ3) is 2.63. The maximum atomic E-state index is 12.2. The van der Waals surface area contributed by atoms with Crippen LogP contribution < -0.4 is 4.74 Å². The Balaban J connectivity index is 2.04. The largest absolute Gasteiger partial charge is 0.480 e. The highest BCUT2D eigenvalue weighted by Crippen LogP contribution is 2.28. The zero-order chi connectivity index (χ0) is 12.3. The summed E-state index contributed by atoms with van der Waals surface area (Å²) >= 11 is 3.36. The summed E-state index contributed by atoms with van der Waals surface area (Å²) in [6, 6.07) is 7.85. The number of para-hydroxylation sites is 1. The molecule has 1 amide bonds. The van der Waals surface area contributed by atoms with Crippen LogP contribution >= 0.6 is 15.9 Å². The van der Waals surface area contributed by atoms with Gasteiger partial charge in [0.25, 0.3) is 5.91 Å². The van der Waals surface area contributed by atoms with Crippen molar-refractivity contribution in [2.45, 2.75) is 19.4 Å². The Morgan fingerprint density at radius 3 is 2.94 bits per heavy atom. The molecule has 1 unspecified atom stereocenters. The van der Waals surface area contributed by atoms with Crippen LogP contribution in [0.25, 0.3) is 0 Å². The van der Waals surface area contributed by atoms with Gasteiger partial charge in [-0.3, -0.25) is 4.79 Å². The number of hydrogen-bond acceptors (Lipinski definition) is 2. The van der Waals surface area contributed by atoms with Crippen molar-refractivity contribution >= 4 is 21.8 Å². The summed E-state index contributed by atoms with van der Waals surface area (Å²) < 4.78 is 5.69. The van der Waals surface area contributed by atoms with Crippen LogP contribution in [0.3, 0.4) is 0 Å². The Kier molecular flexibility index (Phi) is 4.05. The van der Waals surface area contributed by atoms with Crippen LogP contribution in [0.2, 0.25) is 0 Å². The van der Waals surface area contributed by atoms with Crippen molar-refractivity contribution in [2.75, 3.05) is 18.4 Å². The molecule has 17 heavy (non-hydrogen) atoms. The summed E-state index contributed by atoms with van der Waals surface area (Å²) in [5.41, 5.74) is 1.13. The Hall–Kier alpha value is -1.03. The lowest BCUT2D eigenvalue weighted by Crippen LogP contribution is -2.42. The van der Waals surface area contributed by atoms with E-state index in [1.54, 1.807) is 0 Å². The minimum absolute atomic E-state index is 0.0862. The zero-order valence-electron chi connectivity index (χ0n) is 9.86. The first-order valence-corrected chi connectivity index (χ1v) is 6.97. The SMILES string of the molecule is CCN(CCBr)C(=O)C1Cc2ccccc2O1. The molecule has 1 aromatic carbocycles. The highest BCUT2D eigenvalue weighted by molar-refractivity contribution is 9.09. The number of rotatable bonds is 4. The second-order valence-electron chi connectivity index (χ2n) is 4.03. The zero-order valence-corrected chi connectivity index (χ0v) is 11.4. The van der Waals surface area contributed by atoms with Crippen LogP contribution in [0, 0.1) is 0 Å². The van der Waals surface area contributed by atoms with Gasteiger partial charge in [-0.15, -0.1) is 0 Å². The predicted molar refractivity (Wildman–Crippen MR) is 70.6 cm³/mol. The minimum atomic E-state index is -0.341. The van der Waals surface area contributed by atoms with Gasteiger partial charge < -0.3 is 9.64 Å². The molecular weight excluding hydrogens is 282 g/mol. The summed E-state index contributed by atoms with van der Waals surface area (Å²) in [5.74, 6) is 0.934. The number of fused-ring (bicyclic) bond motifs is 1. The molecule has 2 rings (SSSR count). The number of halogens is 1. The first-order chi connectivity index (χ1) is 8.26. The fourth-order valence-electron chi connectivity index (χ4n) is 2.05. The number of likely N-dealkylation sites (N-methyl/N-ethyl adjacent to an activating group) is 1. The van der Waals surface area contributed by atoms with Gasteiger partial charge in [-0.05, 0) is 18.6 Å². The Bertz CT molecular complexity index is 383. The fourth-order valence-corrected chi connectivity index (χ4v) is 2.48. The number of amides is 1. The average molecular weight is 298 g/mol. The van der Waals surface area contributed by atoms with Crippen LogP contribution in [-0.2, 0) is 11.2 Å². The van der Waals surface area contributed by atoms with Gasteiger partial charge in [0.2, 0.25) is 0 Å². The van der Waals surface area contributed by atoms with Crippen LogP contribution in [0.15, 0.2) is 24.3 Å². The molecule has 3 nitrogen and oxygen atoms in total. The average Bonchev–Trinajstić information content (AvgIpc) is 2.78. The third-order valence-corrected chi connectivity index (χ3v) is 3.33. The van der Waals surface area contributed by atoms with Crippen molar-refractivity contribution in [3.8, 4) is 5.75 Å². The minimum Gasteiger partial charge on any atom is -0.480 e. The lowest BCUT2D eigenvalue weighted by Gasteiger charge is -2.22. The monoisotopic (exact) mass is 297 g/mol. The summed E-state index contributed by atoms with van der Waals surface area (Å²) in [5, 5.41) is 0.798. The summed E-state index contributed by atoms with van der Waals surface area (Å²) in [6.07, 6.45) is 0.347. The molecule has 1 aromatic rings. The lowest BCUT2D eigenvalue weighted by atomic mass is 10.1. The van der Waals surface area contributed by atoms with Crippen molar-refractivity contribution in [3.05, 3.63) is 29.8 Å². The molecule has 0 radical (unpaired) electrons. The molecule has 1 atom stereocenters. The molecule has 0 bridgehead atoms. The van der Waals surface area contributed by atoms with E-state index in [1.165, 1.54) is 0 Å². The van der Waals surface area contributed by atoms with Gasteiger partial charge in [-0.1, -0.05) is 34.1 Å². The number of carbonyl (C=O) groups is 1. The van der Waals surface area contributed by atoms with E-state index in [0.717, 1.165) is 29.7 Å². The van der Waals surface area contributed by atoms with Crippen LogP contribution in [0.4, 0.5) is 0 Å². The molecular formula is C13H16BrNO2. The van der Waals surface area contributed by atoms with Crippen LogP contribution in [0.1, 0.15) is 12.5 Å². The van der Waals surface area contributed by atoms with Crippen molar-refractivity contribution in [1.82, 2.24) is 4.90 Å². The molecule has 1 heterocycles. The molecule has 1 aliphatic rings. The van der Waals surface area contributed by atoms with Gasteiger partial charge in [-0.25, -0.2) is 0 Å². The van der Waals surface area contributed by atoms with E-state index in [-0.39, 0.29) is 12.0 Å². The van der Waals surface area contributed by atoms with Crippen molar-refractivity contribution < 1.29 is 9.53 Å². The number of benzene rings is 1. The van der Waals surface area contributed by atoms with Crippen molar-refractivity contribution in [2.24, 2.45) is 0 Å². The highest BCUT2D eigenvalue weighted by Gasteiger charge is 2.31. The van der Waals surface area contributed by atoms with E-state index >= 15 is 0 Å². The first kappa shape index (κ1) is 12.4. The summed E-state index contributed by atoms with van der Waals surface area (Å²) in [4.78, 5) is 14.0. The second kappa shape index (κ2) is 5.54. The second-order valence-corrected chi connectivity index (χ2v) is 4.82. The van der Waals surface area contributed by atoms with E-state index in [0.29, 0.717) is 6.42 Å².